The van der Waals surface area contributed by atoms with Crippen LogP contribution in [0.2, 0.25) is 0 Å². The van der Waals surface area contributed by atoms with Crippen molar-refractivity contribution < 1.29 is 17.7 Å². The van der Waals surface area contributed by atoms with Crippen molar-refractivity contribution >= 4 is 15.9 Å². The Kier molecular flexibility index (Phi) is 6.71. The van der Waals surface area contributed by atoms with Crippen molar-refractivity contribution in [1.29, 1.82) is 0 Å². The van der Waals surface area contributed by atoms with E-state index in [-0.39, 0.29) is 16.3 Å². The van der Waals surface area contributed by atoms with Gasteiger partial charge in [0.15, 0.2) is 5.76 Å². The highest BCUT2D eigenvalue weighted by molar-refractivity contribution is 7.89. The van der Waals surface area contributed by atoms with E-state index < -0.39 is 22.0 Å². The predicted octanol–water partition coefficient (Wildman–Crippen LogP) is 1.87. The normalized spacial score (nSPS) is 16.1. The van der Waals surface area contributed by atoms with E-state index in [4.69, 9.17) is 4.52 Å². The van der Waals surface area contributed by atoms with Crippen LogP contribution in [0.3, 0.4) is 0 Å². The summed E-state index contributed by atoms with van der Waals surface area (Å²) < 4.78 is 32.5. The Hall–Kier alpha value is -2.23. The molecule has 2 N–H and O–H groups in total. The van der Waals surface area contributed by atoms with E-state index in [1.165, 1.54) is 32.3 Å². The molecule has 1 atom stereocenters. The molecule has 29 heavy (non-hydrogen) atoms. The lowest BCUT2D eigenvalue weighted by Gasteiger charge is -2.19. The van der Waals surface area contributed by atoms with Crippen molar-refractivity contribution in [3.8, 4) is 0 Å². The summed E-state index contributed by atoms with van der Waals surface area (Å²) in [5.74, 6) is -0.199. The zero-order valence-electron chi connectivity index (χ0n) is 17.1. The van der Waals surface area contributed by atoms with Gasteiger partial charge in [0.25, 0.3) is 0 Å². The second kappa shape index (κ2) is 9.06. The highest BCUT2D eigenvalue weighted by Crippen LogP contribution is 2.19. The molecule has 0 radical (unpaired) electrons. The molecule has 0 aliphatic carbocycles. The Morgan fingerprint density at radius 3 is 2.48 bits per heavy atom. The molecule has 1 aliphatic rings. The monoisotopic (exact) mass is 420 g/mol. The second-order valence-electron chi connectivity index (χ2n) is 7.47. The number of amides is 1. The zero-order chi connectivity index (χ0) is 21.0. The van der Waals surface area contributed by atoms with Gasteiger partial charge in [-0.1, -0.05) is 29.4 Å². The van der Waals surface area contributed by atoms with Crippen molar-refractivity contribution in [2.75, 3.05) is 13.1 Å². The summed E-state index contributed by atoms with van der Waals surface area (Å²) in [7, 11) is -3.90. The number of hydrogen-bond donors (Lipinski definition) is 2. The smallest absolute Gasteiger partial charge is 0.246 e. The molecular weight excluding hydrogens is 392 g/mol. The van der Waals surface area contributed by atoms with Crippen LogP contribution in [0.4, 0.5) is 0 Å². The third-order valence-corrected chi connectivity index (χ3v) is 6.91. The molecule has 0 saturated carbocycles. The van der Waals surface area contributed by atoms with Crippen molar-refractivity contribution in [2.24, 2.45) is 0 Å². The highest BCUT2D eigenvalue weighted by Gasteiger charge is 2.28. The van der Waals surface area contributed by atoms with Gasteiger partial charge in [0.1, 0.15) is 10.6 Å². The predicted molar refractivity (Wildman–Crippen MR) is 109 cm³/mol. The van der Waals surface area contributed by atoms with Crippen molar-refractivity contribution in [3.05, 3.63) is 46.8 Å². The van der Waals surface area contributed by atoms with Crippen LogP contribution in [0, 0.1) is 13.8 Å². The van der Waals surface area contributed by atoms with E-state index in [2.05, 4.69) is 26.2 Å². The largest absolute Gasteiger partial charge is 0.360 e. The Morgan fingerprint density at radius 1 is 1.21 bits per heavy atom. The molecule has 1 aromatic heterocycles. The summed E-state index contributed by atoms with van der Waals surface area (Å²) in [5, 5.41) is 6.50. The van der Waals surface area contributed by atoms with Crippen LogP contribution < -0.4 is 10.0 Å². The van der Waals surface area contributed by atoms with Gasteiger partial charge in [0.05, 0.1) is 6.04 Å². The quantitative estimate of drug-likeness (QED) is 0.676. The summed E-state index contributed by atoms with van der Waals surface area (Å²) >= 11 is 0. The van der Waals surface area contributed by atoms with Crippen LogP contribution in [0.15, 0.2) is 33.7 Å². The molecule has 1 aliphatic heterocycles. The average molecular weight is 421 g/mol. The number of rotatable bonds is 8. The topological polar surface area (TPSA) is 105 Å². The van der Waals surface area contributed by atoms with E-state index in [0.29, 0.717) is 6.54 Å². The number of carbonyl (C=O) groups is 1. The van der Waals surface area contributed by atoms with Crippen LogP contribution in [0.5, 0.6) is 0 Å². The van der Waals surface area contributed by atoms with E-state index in [1.807, 2.05) is 18.2 Å². The molecule has 2 heterocycles. The third-order valence-electron chi connectivity index (χ3n) is 5.13. The Morgan fingerprint density at radius 2 is 1.86 bits per heavy atom. The van der Waals surface area contributed by atoms with E-state index in [1.54, 1.807) is 6.92 Å². The number of sulfonamides is 1. The number of aryl methyl sites for hydroxylation is 2. The summed E-state index contributed by atoms with van der Waals surface area (Å²) in [5.41, 5.74) is 2.48. The standard InChI is InChI=1S/C20H28N4O4S/c1-14-19(16(3)28-22-14)29(26,27)23-15(2)20(25)21-12-17-8-4-5-9-18(17)13-24-10-6-7-11-24/h4-5,8-9,15,23H,6-7,10-13H2,1-3H3,(H,21,25)/t15-/m0/s1. The minimum atomic E-state index is -3.90. The van der Waals surface area contributed by atoms with Gasteiger partial charge in [0.2, 0.25) is 15.9 Å². The molecule has 1 fully saturated rings. The number of nitrogens with one attached hydrogen (secondary N) is 2. The van der Waals surface area contributed by atoms with Crippen LogP contribution in [-0.2, 0) is 27.9 Å². The van der Waals surface area contributed by atoms with Gasteiger partial charge in [-0.05, 0) is 57.8 Å². The molecule has 1 aromatic carbocycles. The lowest BCUT2D eigenvalue weighted by molar-refractivity contribution is -0.122. The third kappa shape index (κ3) is 5.23. The van der Waals surface area contributed by atoms with Gasteiger partial charge in [-0.2, -0.15) is 4.72 Å². The molecule has 0 bridgehead atoms. The van der Waals surface area contributed by atoms with Gasteiger partial charge >= 0.3 is 0 Å². The molecule has 158 valence electrons. The Bertz CT molecular complexity index is 945. The minimum Gasteiger partial charge on any atom is -0.360 e. The maximum absolute atomic E-state index is 12.6. The summed E-state index contributed by atoms with van der Waals surface area (Å²) in [4.78, 5) is 14.9. The Balaban J connectivity index is 1.61. The molecule has 1 amide bonds. The number of hydrogen-bond acceptors (Lipinski definition) is 6. The lowest BCUT2D eigenvalue weighted by Crippen LogP contribution is -2.44. The van der Waals surface area contributed by atoms with Gasteiger partial charge in [0, 0.05) is 13.1 Å². The first kappa shape index (κ1) is 21.5. The number of aromatic nitrogens is 1. The zero-order valence-corrected chi connectivity index (χ0v) is 17.9. The van der Waals surface area contributed by atoms with Crippen molar-refractivity contribution in [3.63, 3.8) is 0 Å². The number of carbonyl (C=O) groups excluding carboxylic acids is 1. The van der Waals surface area contributed by atoms with Gasteiger partial charge < -0.3 is 9.84 Å². The first-order valence-electron chi connectivity index (χ1n) is 9.80. The van der Waals surface area contributed by atoms with Gasteiger partial charge in [-0.3, -0.25) is 9.69 Å². The van der Waals surface area contributed by atoms with E-state index in [0.717, 1.165) is 25.2 Å². The summed E-state index contributed by atoms with van der Waals surface area (Å²) in [6, 6.07) is 7.07. The summed E-state index contributed by atoms with van der Waals surface area (Å²) in [6.07, 6.45) is 2.45. The fourth-order valence-corrected chi connectivity index (χ4v) is 5.14. The Labute approximate surface area is 171 Å². The van der Waals surface area contributed by atoms with Crippen molar-refractivity contribution in [2.45, 2.75) is 57.6 Å². The molecule has 3 rings (SSSR count). The maximum atomic E-state index is 12.6. The molecule has 2 aromatic rings. The highest BCUT2D eigenvalue weighted by atomic mass is 32.2. The fraction of sp³-hybridized carbons (Fsp3) is 0.500. The van der Waals surface area contributed by atoms with Crippen LogP contribution in [-0.4, -0.2) is 43.5 Å². The molecule has 0 spiro atoms. The molecule has 0 unspecified atom stereocenters. The molecule has 8 nitrogen and oxygen atoms in total. The maximum Gasteiger partial charge on any atom is 0.246 e. The molecule has 1 saturated heterocycles. The van der Waals surface area contributed by atoms with Gasteiger partial charge in [-0.25, -0.2) is 8.42 Å². The molecule has 9 heteroatoms. The van der Waals surface area contributed by atoms with Crippen LogP contribution in [0.1, 0.15) is 42.3 Å². The number of nitrogens with zero attached hydrogens (tertiary/aromatic N) is 2. The lowest BCUT2D eigenvalue weighted by atomic mass is 10.1. The SMILES string of the molecule is Cc1noc(C)c1S(=O)(=O)N[C@@H](C)C(=O)NCc1ccccc1CN1CCCC1. The van der Waals surface area contributed by atoms with Crippen LogP contribution in [0.25, 0.3) is 0 Å². The average Bonchev–Trinajstić information content (AvgIpc) is 3.30. The summed E-state index contributed by atoms with van der Waals surface area (Å²) in [6.45, 7) is 7.99. The van der Waals surface area contributed by atoms with Crippen molar-refractivity contribution in [1.82, 2.24) is 20.1 Å². The second-order valence-corrected chi connectivity index (χ2v) is 9.12. The molecular formula is C20H28N4O4S. The first-order chi connectivity index (χ1) is 13.8. The minimum absolute atomic E-state index is 0.0203. The fourth-order valence-electron chi connectivity index (χ4n) is 3.60. The number of benzene rings is 1. The van der Waals surface area contributed by atoms with E-state index in [9.17, 15) is 13.2 Å². The first-order valence-corrected chi connectivity index (χ1v) is 11.3. The van der Waals surface area contributed by atoms with E-state index >= 15 is 0 Å². The van der Waals surface area contributed by atoms with Gasteiger partial charge in [-0.15, -0.1) is 0 Å². The van der Waals surface area contributed by atoms with Crippen LogP contribution >= 0.6 is 0 Å². The number of likely N-dealkylation sites (tertiary alicyclic amines) is 1.